The average molecular weight is 366 g/mol. The van der Waals surface area contributed by atoms with Gasteiger partial charge in [0, 0.05) is 13.1 Å². The summed E-state index contributed by atoms with van der Waals surface area (Å²) in [6.45, 7) is 5.43. The Balaban J connectivity index is 1.73. The van der Waals surface area contributed by atoms with Gasteiger partial charge in [-0.05, 0) is 56.0 Å². The Morgan fingerprint density at radius 3 is 2.56 bits per heavy atom. The lowest BCUT2D eigenvalue weighted by Gasteiger charge is -2.20. The van der Waals surface area contributed by atoms with Gasteiger partial charge in [0.15, 0.2) is 6.10 Å². The molecular weight excluding hydrogens is 340 g/mol. The van der Waals surface area contributed by atoms with E-state index in [0.717, 1.165) is 31.5 Å². The van der Waals surface area contributed by atoms with Crippen LogP contribution < -0.4 is 10.1 Å². The maximum absolute atomic E-state index is 12.8. The van der Waals surface area contributed by atoms with Crippen molar-refractivity contribution >= 4 is 17.5 Å². The van der Waals surface area contributed by atoms with Crippen molar-refractivity contribution in [3.63, 3.8) is 0 Å². The van der Waals surface area contributed by atoms with Crippen LogP contribution in [0.5, 0.6) is 5.75 Å². The van der Waals surface area contributed by atoms with Crippen LogP contribution in [0.1, 0.15) is 42.1 Å². The lowest BCUT2D eigenvalue weighted by molar-refractivity contribution is -0.122. The second-order valence-corrected chi connectivity index (χ2v) is 6.87. The van der Waals surface area contributed by atoms with Gasteiger partial charge in [0.1, 0.15) is 5.75 Å². The highest BCUT2D eigenvalue weighted by atomic mass is 16.5. The van der Waals surface area contributed by atoms with Crippen molar-refractivity contribution in [1.29, 1.82) is 0 Å². The molecule has 2 aromatic carbocycles. The monoisotopic (exact) mass is 366 g/mol. The van der Waals surface area contributed by atoms with Crippen molar-refractivity contribution in [1.82, 2.24) is 4.90 Å². The number of nitrogens with one attached hydrogen (secondary N) is 1. The molecule has 1 fully saturated rings. The standard InChI is InChI=1S/C22H26N2O3/c1-3-20(27-17-10-8-9-16(2)15-17)21(25)23-19-12-5-4-11-18(19)22(26)24-13-6-7-14-24/h4-5,8-12,15,20H,3,6-7,13-14H2,1-2H3,(H,23,25)/t20-/m0/s1. The molecule has 0 unspecified atom stereocenters. The molecule has 1 heterocycles. The van der Waals surface area contributed by atoms with Gasteiger partial charge >= 0.3 is 0 Å². The molecule has 1 aliphatic heterocycles. The molecule has 5 heteroatoms. The van der Waals surface area contributed by atoms with E-state index in [-0.39, 0.29) is 11.8 Å². The Bertz CT molecular complexity index is 813. The third-order valence-corrected chi connectivity index (χ3v) is 4.74. The number of aryl methyl sites for hydroxylation is 1. The van der Waals surface area contributed by atoms with E-state index in [1.165, 1.54) is 0 Å². The Morgan fingerprint density at radius 1 is 1.11 bits per heavy atom. The fraction of sp³-hybridized carbons (Fsp3) is 0.364. The van der Waals surface area contributed by atoms with E-state index >= 15 is 0 Å². The van der Waals surface area contributed by atoms with Crippen LogP contribution in [0.25, 0.3) is 0 Å². The third-order valence-electron chi connectivity index (χ3n) is 4.74. The summed E-state index contributed by atoms with van der Waals surface area (Å²) in [6.07, 6.45) is 1.97. The van der Waals surface area contributed by atoms with E-state index < -0.39 is 6.10 Å². The minimum Gasteiger partial charge on any atom is -0.481 e. The summed E-state index contributed by atoms with van der Waals surface area (Å²) in [7, 11) is 0. The van der Waals surface area contributed by atoms with Crippen LogP contribution in [0.2, 0.25) is 0 Å². The second kappa shape index (κ2) is 8.71. The van der Waals surface area contributed by atoms with Crippen molar-refractivity contribution in [3.8, 4) is 5.75 Å². The summed E-state index contributed by atoms with van der Waals surface area (Å²) in [5.41, 5.74) is 2.13. The zero-order chi connectivity index (χ0) is 19.2. The number of anilines is 1. The summed E-state index contributed by atoms with van der Waals surface area (Å²) in [5.74, 6) is 0.384. The van der Waals surface area contributed by atoms with Crippen LogP contribution in [0, 0.1) is 6.92 Å². The largest absolute Gasteiger partial charge is 0.481 e. The molecule has 0 aliphatic carbocycles. The fourth-order valence-electron chi connectivity index (χ4n) is 3.26. The van der Waals surface area contributed by atoms with Gasteiger partial charge in [-0.25, -0.2) is 0 Å². The molecule has 0 radical (unpaired) electrons. The fourth-order valence-corrected chi connectivity index (χ4v) is 3.26. The zero-order valence-corrected chi connectivity index (χ0v) is 15.9. The second-order valence-electron chi connectivity index (χ2n) is 6.87. The molecule has 3 rings (SSSR count). The summed E-state index contributed by atoms with van der Waals surface area (Å²) in [5, 5.41) is 2.89. The minimum absolute atomic E-state index is 0.0314. The van der Waals surface area contributed by atoms with Gasteiger partial charge in [0.05, 0.1) is 11.3 Å². The number of ether oxygens (including phenoxy) is 1. The molecule has 0 spiro atoms. The Kier molecular flexibility index (Phi) is 6.12. The first-order valence-electron chi connectivity index (χ1n) is 9.51. The third kappa shape index (κ3) is 4.67. The number of hydrogen-bond donors (Lipinski definition) is 1. The Hall–Kier alpha value is -2.82. The van der Waals surface area contributed by atoms with Gasteiger partial charge in [-0.3, -0.25) is 9.59 Å². The van der Waals surface area contributed by atoms with Gasteiger partial charge in [-0.1, -0.05) is 31.2 Å². The molecule has 1 N–H and O–H groups in total. The van der Waals surface area contributed by atoms with E-state index in [1.54, 1.807) is 12.1 Å². The Morgan fingerprint density at radius 2 is 1.85 bits per heavy atom. The SMILES string of the molecule is CC[C@H](Oc1cccc(C)c1)C(=O)Nc1ccccc1C(=O)N1CCCC1. The smallest absolute Gasteiger partial charge is 0.265 e. The number of rotatable bonds is 6. The number of benzene rings is 2. The lowest BCUT2D eigenvalue weighted by Crippen LogP contribution is -2.34. The van der Waals surface area contributed by atoms with E-state index in [1.807, 2.05) is 55.1 Å². The van der Waals surface area contributed by atoms with Crippen molar-refractivity contribution in [2.75, 3.05) is 18.4 Å². The summed E-state index contributed by atoms with van der Waals surface area (Å²) < 4.78 is 5.87. The number of carbonyl (C=O) groups excluding carboxylic acids is 2. The first kappa shape index (κ1) is 19.0. The number of hydrogen-bond acceptors (Lipinski definition) is 3. The normalized spacial score (nSPS) is 14.7. The van der Waals surface area contributed by atoms with E-state index in [4.69, 9.17) is 4.74 Å². The predicted octanol–water partition coefficient (Wildman–Crippen LogP) is 4.03. The van der Waals surface area contributed by atoms with Gasteiger partial charge < -0.3 is 15.0 Å². The lowest BCUT2D eigenvalue weighted by atomic mass is 10.1. The van der Waals surface area contributed by atoms with Crippen molar-refractivity contribution < 1.29 is 14.3 Å². The zero-order valence-electron chi connectivity index (χ0n) is 15.9. The van der Waals surface area contributed by atoms with Crippen molar-refractivity contribution in [2.24, 2.45) is 0 Å². The van der Waals surface area contributed by atoms with Gasteiger partial charge in [-0.2, -0.15) is 0 Å². The van der Waals surface area contributed by atoms with Crippen LogP contribution >= 0.6 is 0 Å². The number of nitrogens with zero attached hydrogens (tertiary/aromatic N) is 1. The summed E-state index contributed by atoms with van der Waals surface area (Å²) in [6, 6.07) is 14.8. The first-order valence-corrected chi connectivity index (χ1v) is 9.51. The maximum Gasteiger partial charge on any atom is 0.265 e. The highest BCUT2D eigenvalue weighted by molar-refractivity contribution is 6.04. The first-order chi connectivity index (χ1) is 13.1. The van der Waals surface area contributed by atoms with Crippen LogP contribution in [0.3, 0.4) is 0 Å². The van der Waals surface area contributed by atoms with E-state index in [2.05, 4.69) is 5.32 Å². The van der Waals surface area contributed by atoms with E-state index in [9.17, 15) is 9.59 Å². The van der Waals surface area contributed by atoms with Crippen molar-refractivity contribution in [3.05, 3.63) is 59.7 Å². The average Bonchev–Trinajstić information content (AvgIpc) is 3.21. The van der Waals surface area contributed by atoms with Crippen LogP contribution in [0.15, 0.2) is 48.5 Å². The molecule has 1 aliphatic rings. The highest BCUT2D eigenvalue weighted by Crippen LogP contribution is 2.21. The minimum atomic E-state index is -0.623. The van der Waals surface area contributed by atoms with E-state index in [0.29, 0.717) is 23.4 Å². The molecule has 0 bridgehead atoms. The number of amides is 2. The molecule has 142 valence electrons. The van der Waals surface area contributed by atoms with Gasteiger partial charge in [0.25, 0.3) is 11.8 Å². The van der Waals surface area contributed by atoms with Crippen LogP contribution in [-0.4, -0.2) is 35.9 Å². The van der Waals surface area contributed by atoms with Gasteiger partial charge in [0.2, 0.25) is 0 Å². The maximum atomic E-state index is 12.8. The number of likely N-dealkylation sites (tertiary alicyclic amines) is 1. The topological polar surface area (TPSA) is 58.6 Å². The highest BCUT2D eigenvalue weighted by Gasteiger charge is 2.24. The quantitative estimate of drug-likeness (QED) is 0.840. The molecular formula is C22H26N2O3. The molecule has 1 atom stereocenters. The molecule has 5 nitrogen and oxygen atoms in total. The molecule has 2 amide bonds. The molecule has 27 heavy (non-hydrogen) atoms. The van der Waals surface area contributed by atoms with Crippen LogP contribution in [-0.2, 0) is 4.79 Å². The predicted molar refractivity (Wildman–Crippen MR) is 106 cm³/mol. The number of carbonyl (C=O) groups is 2. The summed E-state index contributed by atoms with van der Waals surface area (Å²) >= 11 is 0. The summed E-state index contributed by atoms with van der Waals surface area (Å²) in [4.78, 5) is 27.4. The molecule has 1 saturated heterocycles. The van der Waals surface area contributed by atoms with Crippen molar-refractivity contribution in [2.45, 2.75) is 39.2 Å². The van der Waals surface area contributed by atoms with Gasteiger partial charge in [-0.15, -0.1) is 0 Å². The van der Waals surface area contributed by atoms with Crippen LogP contribution in [0.4, 0.5) is 5.69 Å². The molecule has 0 aromatic heterocycles. The molecule has 2 aromatic rings. The molecule has 0 saturated carbocycles. The Labute approximate surface area is 160 Å². The number of para-hydroxylation sites is 1.